The van der Waals surface area contributed by atoms with Gasteiger partial charge in [-0.05, 0) is 42.2 Å². The minimum atomic E-state index is 0.114. The fourth-order valence-electron chi connectivity index (χ4n) is 3.27. The zero-order valence-corrected chi connectivity index (χ0v) is 14.8. The van der Waals surface area contributed by atoms with Crippen molar-refractivity contribution in [1.29, 1.82) is 0 Å². The molecular formula is C21H22N4. The summed E-state index contributed by atoms with van der Waals surface area (Å²) < 4.78 is 0. The monoisotopic (exact) mass is 330 g/mol. The highest BCUT2D eigenvalue weighted by Gasteiger charge is 2.30. The second-order valence-corrected chi connectivity index (χ2v) is 6.78. The molecule has 25 heavy (non-hydrogen) atoms. The van der Waals surface area contributed by atoms with E-state index in [1.54, 1.807) is 0 Å². The largest absolute Gasteiger partial charge is 0.284 e. The van der Waals surface area contributed by atoms with Crippen LogP contribution in [0.4, 0.5) is 5.69 Å². The summed E-state index contributed by atoms with van der Waals surface area (Å²) in [6, 6.07) is 13.0. The quantitative estimate of drug-likeness (QED) is 0.815. The Morgan fingerprint density at radius 2 is 2.00 bits per heavy atom. The molecule has 0 bridgehead atoms. The van der Waals surface area contributed by atoms with E-state index in [1.807, 2.05) is 25.5 Å². The second-order valence-electron chi connectivity index (χ2n) is 6.78. The SMILES string of the molecule is Cc1cc(N2C=NN3C2=CC=CC3c2cccc(C(C)C)c2)ccn1. The van der Waals surface area contributed by atoms with Gasteiger partial charge in [-0.2, -0.15) is 5.10 Å². The standard InChI is InChI=1S/C21H22N4/c1-15(2)17-6-4-7-18(13-17)20-8-5-9-21-24(14-23-25(20)21)19-10-11-22-16(3)12-19/h4-15,20H,1-3H3. The summed E-state index contributed by atoms with van der Waals surface area (Å²) in [6.07, 6.45) is 10.1. The van der Waals surface area contributed by atoms with Crippen molar-refractivity contribution in [3.05, 3.63) is 83.5 Å². The van der Waals surface area contributed by atoms with Crippen LogP contribution in [0.25, 0.3) is 0 Å². The van der Waals surface area contributed by atoms with E-state index in [0.29, 0.717) is 5.92 Å². The van der Waals surface area contributed by atoms with Crippen LogP contribution in [-0.2, 0) is 0 Å². The van der Waals surface area contributed by atoms with Gasteiger partial charge in [-0.3, -0.25) is 9.88 Å². The third-order valence-electron chi connectivity index (χ3n) is 4.65. The van der Waals surface area contributed by atoms with Gasteiger partial charge in [0.05, 0.1) is 11.7 Å². The molecule has 1 atom stereocenters. The Hall–Kier alpha value is -2.88. The van der Waals surface area contributed by atoms with Crippen LogP contribution < -0.4 is 4.90 Å². The van der Waals surface area contributed by atoms with Crippen molar-refractivity contribution in [3.63, 3.8) is 0 Å². The number of aromatic nitrogens is 1. The van der Waals surface area contributed by atoms with Gasteiger partial charge in [0.25, 0.3) is 0 Å². The normalized spacial score (nSPS) is 18.7. The maximum atomic E-state index is 4.67. The topological polar surface area (TPSA) is 31.7 Å². The van der Waals surface area contributed by atoms with Crippen LogP contribution in [0.3, 0.4) is 0 Å². The van der Waals surface area contributed by atoms with E-state index in [-0.39, 0.29) is 6.04 Å². The molecule has 0 spiro atoms. The molecule has 4 nitrogen and oxygen atoms in total. The maximum Gasteiger partial charge on any atom is 0.136 e. The number of pyridine rings is 1. The molecule has 2 aliphatic heterocycles. The van der Waals surface area contributed by atoms with E-state index in [2.05, 4.69) is 82.4 Å². The lowest BCUT2D eigenvalue weighted by Gasteiger charge is -2.30. The molecule has 2 aromatic rings. The van der Waals surface area contributed by atoms with Crippen LogP contribution in [-0.4, -0.2) is 16.3 Å². The average molecular weight is 330 g/mol. The van der Waals surface area contributed by atoms with Gasteiger partial charge in [0.1, 0.15) is 12.2 Å². The Balaban J connectivity index is 1.66. The Morgan fingerprint density at radius 1 is 1.12 bits per heavy atom. The number of nitrogens with zero attached hydrogens (tertiary/aromatic N) is 4. The van der Waals surface area contributed by atoms with Gasteiger partial charge >= 0.3 is 0 Å². The summed E-state index contributed by atoms with van der Waals surface area (Å²) in [4.78, 5) is 6.39. The highest BCUT2D eigenvalue weighted by molar-refractivity contribution is 5.85. The Bertz CT molecular complexity index is 879. The number of hydrogen-bond acceptors (Lipinski definition) is 4. The fourth-order valence-corrected chi connectivity index (χ4v) is 3.27. The first-order chi connectivity index (χ1) is 12.1. The van der Waals surface area contributed by atoms with E-state index in [4.69, 9.17) is 0 Å². The van der Waals surface area contributed by atoms with Crippen molar-refractivity contribution in [3.8, 4) is 0 Å². The predicted octanol–water partition coefficient (Wildman–Crippen LogP) is 4.73. The molecule has 0 aliphatic carbocycles. The number of hydrazone groups is 1. The lowest BCUT2D eigenvalue weighted by molar-refractivity contribution is 0.320. The molecule has 0 radical (unpaired) electrons. The van der Waals surface area contributed by atoms with Gasteiger partial charge < -0.3 is 0 Å². The summed E-state index contributed by atoms with van der Waals surface area (Å²) in [5.74, 6) is 1.58. The first-order valence-electron chi connectivity index (χ1n) is 8.67. The molecule has 1 unspecified atom stereocenters. The summed E-state index contributed by atoms with van der Waals surface area (Å²) in [5.41, 5.74) is 4.69. The predicted molar refractivity (Wildman–Crippen MR) is 102 cm³/mol. The minimum absolute atomic E-state index is 0.114. The molecule has 0 saturated carbocycles. The number of aryl methyl sites for hydroxylation is 1. The molecule has 4 rings (SSSR count). The van der Waals surface area contributed by atoms with Crippen LogP contribution in [0, 0.1) is 6.92 Å². The van der Waals surface area contributed by atoms with Crippen LogP contribution in [0.1, 0.15) is 42.6 Å². The van der Waals surface area contributed by atoms with Crippen LogP contribution in [0.2, 0.25) is 0 Å². The molecule has 2 aliphatic rings. The molecule has 3 heterocycles. The van der Waals surface area contributed by atoms with Gasteiger partial charge in [0, 0.05) is 11.9 Å². The number of allylic oxidation sites excluding steroid dienone is 2. The van der Waals surface area contributed by atoms with Crippen LogP contribution in [0.15, 0.2) is 71.7 Å². The van der Waals surface area contributed by atoms with E-state index < -0.39 is 0 Å². The lowest BCUT2D eigenvalue weighted by atomic mass is 9.96. The lowest BCUT2D eigenvalue weighted by Crippen LogP contribution is -2.28. The van der Waals surface area contributed by atoms with E-state index in [0.717, 1.165) is 17.2 Å². The van der Waals surface area contributed by atoms with E-state index in [9.17, 15) is 0 Å². The molecule has 1 aromatic heterocycles. The summed E-state index contributed by atoms with van der Waals surface area (Å²) >= 11 is 0. The molecule has 126 valence electrons. The molecule has 0 saturated heterocycles. The molecule has 0 N–H and O–H groups in total. The van der Waals surface area contributed by atoms with Crippen LogP contribution in [0.5, 0.6) is 0 Å². The summed E-state index contributed by atoms with van der Waals surface area (Å²) in [7, 11) is 0. The number of anilines is 1. The van der Waals surface area contributed by atoms with Crippen molar-refractivity contribution in [2.24, 2.45) is 5.10 Å². The summed E-state index contributed by atoms with van der Waals surface area (Å²) in [5, 5.41) is 6.75. The van der Waals surface area contributed by atoms with Gasteiger partial charge in [0.15, 0.2) is 0 Å². The Morgan fingerprint density at radius 3 is 2.80 bits per heavy atom. The smallest absolute Gasteiger partial charge is 0.136 e. The highest BCUT2D eigenvalue weighted by atomic mass is 15.6. The number of rotatable bonds is 3. The van der Waals surface area contributed by atoms with Crippen molar-refractivity contribution in [1.82, 2.24) is 9.99 Å². The highest BCUT2D eigenvalue weighted by Crippen LogP contribution is 2.36. The van der Waals surface area contributed by atoms with Gasteiger partial charge in [-0.25, -0.2) is 5.01 Å². The molecule has 4 heteroatoms. The van der Waals surface area contributed by atoms with Crippen molar-refractivity contribution in [2.75, 3.05) is 4.90 Å². The molecular weight excluding hydrogens is 308 g/mol. The third kappa shape index (κ3) is 2.84. The van der Waals surface area contributed by atoms with Crippen molar-refractivity contribution in [2.45, 2.75) is 32.7 Å². The van der Waals surface area contributed by atoms with Crippen molar-refractivity contribution < 1.29 is 0 Å². The molecule has 0 amide bonds. The summed E-state index contributed by atoms with van der Waals surface area (Å²) in [6.45, 7) is 6.45. The zero-order valence-electron chi connectivity index (χ0n) is 14.8. The van der Waals surface area contributed by atoms with Crippen molar-refractivity contribution >= 4 is 12.0 Å². The number of fused-ring (bicyclic) bond motifs is 1. The number of benzene rings is 1. The van der Waals surface area contributed by atoms with Gasteiger partial charge in [-0.15, -0.1) is 0 Å². The molecule has 0 fully saturated rings. The fraction of sp³-hybridized carbons (Fsp3) is 0.238. The van der Waals surface area contributed by atoms with Gasteiger partial charge in [0.2, 0.25) is 0 Å². The Kier molecular flexibility index (Phi) is 3.88. The zero-order chi connectivity index (χ0) is 17.4. The minimum Gasteiger partial charge on any atom is -0.284 e. The second kappa shape index (κ2) is 6.20. The molecule has 1 aromatic carbocycles. The number of hydrogen-bond donors (Lipinski definition) is 0. The van der Waals surface area contributed by atoms with E-state index in [1.165, 1.54) is 11.1 Å². The Labute approximate surface area is 148 Å². The first-order valence-corrected chi connectivity index (χ1v) is 8.67. The van der Waals surface area contributed by atoms with E-state index >= 15 is 0 Å². The maximum absolute atomic E-state index is 4.67. The van der Waals surface area contributed by atoms with Crippen LogP contribution >= 0.6 is 0 Å². The first kappa shape index (κ1) is 15.6. The third-order valence-corrected chi connectivity index (χ3v) is 4.65. The van der Waals surface area contributed by atoms with Gasteiger partial charge in [-0.1, -0.05) is 50.3 Å². The average Bonchev–Trinajstić information content (AvgIpc) is 3.06.